The number of nitrogen functional groups attached to an aromatic ring is 2. The molecule has 0 saturated carbocycles. The van der Waals surface area contributed by atoms with Crippen molar-refractivity contribution in [1.29, 1.82) is 0 Å². The predicted octanol–water partition coefficient (Wildman–Crippen LogP) is 3.72. The molecule has 6 heteroatoms. The number of carbonyl (C=O) groups excluding carboxylic acids is 1. The van der Waals surface area contributed by atoms with E-state index in [1.165, 1.54) is 60.7 Å². The number of hydrogen-bond donors (Lipinski definition) is 3. The van der Waals surface area contributed by atoms with Crippen LogP contribution in [0.2, 0.25) is 0 Å². The van der Waals surface area contributed by atoms with E-state index in [4.69, 9.17) is 16.2 Å². The monoisotopic (exact) mass is 338 g/mol. The molecule has 0 aliphatic rings. The van der Waals surface area contributed by atoms with E-state index in [1.807, 2.05) is 0 Å². The first-order valence-electron chi connectivity index (χ1n) is 7.39. The third-order valence-electron chi connectivity index (χ3n) is 3.50. The lowest BCUT2D eigenvalue weighted by Gasteiger charge is -2.10. The Labute approximate surface area is 143 Å². The summed E-state index contributed by atoms with van der Waals surface area (Å²) in [7, 11) is 0. The molecule has 0 bridgehead atoms. The van der Waals surface area contributed by atoms with Gasteiger partial charge in [0.1, 0.15) is 23.1 Å². The molecule has 0 saturated heterocycles. The number of carbonyl (C=O) groups is 1. The van der Waals surface area contributed by atoms with Crippen LogP contribution in [0.15, 0.2) is 60.7 Å². The van der Waals surface area contributed by atoms with Gasteiger partial charge >= 0.3 is 0 Å². The second-order valence-electron chi connectivity index (χ2n) is 5.45. The second-order valence-corrected chi connectivity index (χ2v) is 5.45. The standard InChI is InChI=1S/C19H15FN2O3/c20-12-1-3-15(4-2-12)25-16-5-6-18(23)17(10-16)19(24)11-7-13(21)9-14(22)8-11/h1-10,23H,21-22H2. The van der Waals surface area contributed by atoms with Gasteiger partial charge in [0.2, 0.25) is 0 Å². The molecule has 3 rings (SSSR count). The Kier molecular flexibility index (Phi) is 4.26. The summed E-state index contributed by atoms with van der Waals surface area (Å²) in [5.41, 5.74) is 12.4. The fraction of sp³-hybridized carbons (Fsp3) is 0. The number of phenolic OH excluding ortho intramolecular Hbond substituents is 1. The SMILES string of the molecule is Nc1cc(N)cc(C(=O)c2cc(Oc3ccc(F)cc3)ccc2O)c1. The van der Waals surface area contributed by atoms with E-state index in [0.717, 1.165) is 0 Å². The summed E-state index contributed by atoms with van der Waals surface area (Å²) in [5.74, 6) is -0.296. The maximum atomic E-state index is 12.9. The Morgan fingerprint density at radius 2 is 1.48 bits per heavy atom. The van der Waals surface area contributed by atoms with Gasteiger partial charge in [-0.05, 0) is 60.7 Å². The first-order chi connectivity index (χ1) is 11.9. The van der Waals surface area contributed by atoms with Gasteiger partial charge in [-0.2, -0.15) is 0 Å². The van der Waals surface area contributed by atoms with E-state index in [2.05, 4.69) is 0 Å². The van der Waals surface area contributed by atoms with Gasteiger partial charge < -0.3 is 21.3 Å². The van der Waals surface area contributed by atoms with Crippen molar-refractivity contribution in [3.8, 4) is 17.2 Å². The summed E-state index contributed by atoms with van der Waals surface area (Å²) in [6, 6.07) is 14.2. The van der Waals surface area contributed by atoms with Gasteiger partial charge in [0.15, 0.2) is 5.78 Å². The van der Waals surface area contributed by atoms with Crippen molar-refractivity contribution < 1.29 is 19.0 Å². The fourth-order valence-corrected chi connectivity index (χ4v) is 2.36. The van der Waals surface area contributed by atoms with E-state index in [0.29, 0.717) is 22.9 Å². The normalized spacial score (nSPS) is 10.4. The minimum Gasteiger partial charge on any atom is -0.507 e. The molecule has 0 amide bonds. The van der Waals surface area contributed by atoms with Crippen molar-refractivity contribution >= 4 is 17.2 Å². The zero-order valence-corrected chi connectivity index (χ0v) is 13.1. The van der Waals surface area contributed by atoms with E-state index in [9.17, 15) is 14.3 Å². The number of nitrogens with two attached hydrogens (primary N) is 2. The highest BCUT2D eigenvalue weighted by Gasteiger charge is 2.16. The van der Waals surface area contributed by atoms with Gasteiger partial charge in [-0.1, -0.05) is 0 Å². The van der Waals surface area contributed by atoms with Gasteiger partial charge in [0, 0.05) is 16.9 Å². The summed E-state index contributed by atoms with van der Waals surface area (Å²) < 4.78 is 18.5. The zero-order chi connectivity index (χ0) is 18.0. The van der Waals surface area contributed by atoms with Crippen LogP contribution in [0.25, 0.3) is 0 Å². The molecule has 0 fully saturated rings. The zero-order valence-electron chi connectivity index (χ0n) is 13.1. The number of ketones is 1. The van der Waals surface area contributed by atoms with E-state index >= 15 is 0 Å². The lowest BCUT2D eigenvalue weighted by molar-refractivity contribution is 0.103. The Hall–Kier alpha value is -3.54. The minimum atomic E-state index is -0.443. The van der Waals surface area contributed by atoms with Gasteiger partial charge in [-0.25, -0.2) is 4.39 Å². The predicted molar refractivity (Wildman–Crippen MR) is 93.3 cm³/mol. The molecule has 25 heavy (non-hydrogen) atoms. The van der Waals surface area contributed by atoms with Crippen LogP contribution in [0.3, 0.4) is 0 Å². The Morgan fingerprint density at radius 1 is 0.880 bits per heavy atom. The van der Waals surface area contributed by atoms with Crippen LogP contribution in [0.1, 0.15) is 15.9 Å². The third-order valence-corrected chi connectivity index (χ3v) is 3.50. The van der Waals surface area contributed by atoms with Crippen molar-refractivity contribution in [1.82, 2.24) is 0 Å². The number of benzene rings is 3. The number of ether oxygens (including phenoxy) is 1. The number of hydrogen-bond acceptors (Lipinski definition) is 5. The van der Waals surface area contributed by atoms with Crippen molar-refractivity contribution in [3.63, 3.8) is 0 Å². The Bertz CT molecular complexity index is 920. The van der Waals surface area contributed by atoms with Crippen LogP contribution >= 0.6 is 0 Å². The number of aromatic hydroxyl groups is 1. The molecule has 3 aromatic rings. The van der Waals surface area contributed by atoms with Crippen molar-refractivity contribution in [2.45, 2.75) is 0 Å². The van der Waals surface area contributed by atoms with Crippen LogP contribution in [-0.2, 0) is 0 Å². The minimum absolute atomic E-state index is 0.0459. The van der Waals surface area contributed by atoms with Crippen molar-refractivity contribution in [2.75, 3.05) is 11.5 Å². The average molecular weight is 338 g/mol. The maximum Gasteiger partial charge on any atom is 0.197 e. The summed E-state index contributed by atoms with van der Waals surface area (Å²) in [6.07, 6.45) is 0. The highest BCUT2D eigenvalue weighted by molar-refractivity contribution is 6.11. The van der Waals surface area contributed by atoms with Gasteiger partial charge in [-0.15, -0.1) is 0 Å². The molecule has 0 atom stereocenters. The largest absolute Gasteiger partial charge is 0.507 e. The number of phenols is 1. The lowest BCUT2D eigenvalue weighted by Crippen LogP contribution is -2.04. The smallest absolute Gasteiger partial charge is 0.197 e. The Balaban J connectivity index is 1.93. The van der Waals surface area contributed by atoms with Gasteiger partial charge in [-0.3, -0.25) is 4.79 Å². The molecule has 5 N–H and O–H groups in total. The highest BCUT2D eigenvalue weighted by atomic mass is 19.1. The quantitative estimate of drug-likeness (QED) is 0.497. The van der Waals surface area contributed by atoms with Crippen molar-refractivity contribution in [3.05, 3.63) is 77.6 Å². The van der Waals surface area contributed by atoms with E-state index in [-0.39, 0.29) is 22.7 Å². The fourth-order valence-electron chi connectivity index (χ4n) is 2.36. The average Bonchev–Trinajstić information content (AvgIpc) is 2.57. The molecule has 3 aromatic carbocycles. The maximum absolute atomic E-state index is 12.9. The molecule has 126 valence electrons. The van der Waals surface area contributed by atoms with Crippen molar-refractivity contribution in [2.24, 2.45) is 0 Å². The molecule has 0 aliphatic heterocycles. The molecular formula is C19H15FN2O3. The van der Waals surface area contributed by atoms with Crippen LogP contribution in [0.5, 0.6) is 17.2 Å². The number of halogens is 1. The van der Waals surface area contributed by atoms with Gasteiger partial charge in [0.25, 0.3) is 0 Å². The first kappa shape index (κ1) is 16.3. The summed E-state index contributed by atoms with van der Waals surface area (Å²) in [4.78, 5) is 12.6. The molecule has 5 nitrogen and oxygen atoms in total. The summed E-state index contributed by atoms with van der Waals surface area (Å²) in [5, 5.41) is 10.0. The molecule has 0 unspecified atom stereocenters. The number of anilines is 2. The summed E-state index contributed by atoms with van der Waals surface area (Å²) in [6.45, 7) is 0. The molecule has 0 radical (unpaired) electrons. The topological polar surface area (TPSA) is 98.6 Å². The molecular weight excluding hydrogens is 323 g/mol. The molecule has 0 heterocycles. The third kappa shape index (κ3) is 3.69. The van der Waals surface area contributed by atoms with Crippen LogP contribution in [-0.4, -0.2) is 10.9 Å². The summed E-state index contributed by atoms with van der Waals surface area (Å²) >= 11 is 0. The molecule has 0 aromatic heterocycles. The van der Waals surface area contributed by atoms with Crippen LogP contribution < -0.4 is 16.2 Å². The van der Waals surface area contributed by atoms with E-state index < -0.39 is 5.78 Å². The highest BCUT2D eigenvalue weighted by Crippen LogP contribution is 2.29. The first-order valence-corrected chi connectivity index (χ1v) is 7.39. The molecule has 0 spiro atoms. The van der Waals surface area contributed by atoms with Crippen LogP contribution in [0.4, 0.5) is 15.8 Å². The Morgan fingerprint density at radius 3 is 2.12 bits per heavy atom. The number of rotatable bonds is 4. The second kappa shape index (κ2) is 6.52. The van der Waals surface area contributed by atoms with Crippen LogP contribution in [0, 0.1) is 5.82 Å². The molecule has 0 aliphatic carbocycles. The van der Waals surface area contributed by atoms with E-state index in [1.54, 1.807) is 0 Å². The lowest BCUT2D eigenvalue weighted by atomic mass is 10.0. The van der Waals surface area contributed by atoms with Gasteiger partial charge in [0.05, 0.1) is 5.56 Å².